The van der Waals surface area contributed by atoms with Gasteiger partial charge in [0, 0.05) is 12.6 Å². The summed E-state index contributed by atoms with van der Waals surface area (Å²) in [6.45, 7) is 3.13. The van der Waals surface area contributed by atoms with E-state index in [1.165, 1.54) is 0 Å². The Morgan fingerprint density at radius 2 is 2.23 bits per heavy atom. The van der Waals surface area contributed by atoms with E-state index in [0.29, 0.717) is 49.2 Å². The number of amides is 1. The molecule has 0 radical (unpaired) electrons. The molecule has 0 saturated heterocycles. The van der Waals surface area contributed by atoms with Crippen LogP contribution >= 0.6 is 0 Å². The summed E-state index contributed by atoms with van der Waals surface area (Å²) >= 11 is 0. The van der Waals surface area contributed by atoms with Gasteiger partial charge in [-0.05, 0) is 32.3 Å². The van der Waals surface area contributed by atoms with Crippen LogP contribution in [0.2, 0.25) is 0 Å². The summed E-state index contributed by atoms with van der Waals surface area (Å²) in [7, 11) is 5.53. The van der Waals surface area contributed by atoms with E-state index < -0.39 is 0 Å². The molecule has 0 unspecified atom stereocenters. The molecule has 3 rings (SSSR count). The second-order valence-electron chi connectivity index (χ2n) is 6.26. The van der Waals surface area contributed by atoms with E-state index in [0.717, 1.165) is 12.2 Å². The molecule has 0 atom stereocenters. The maximum atomic E-state index is 12.5. The van der Waals surface area contributed by atoms with E-state index in [1.807, 2.05) is 19.0 Å². The number of likely N-dealkylation sites (N-methyl/N-ethyl adjacent to an activating group) is 1. The van der Waals surface area contributed by atoms with Crippen molar-refractivity contribution in [3.63, 3.8) is 0 Å². The molecule has 0 spiro atoms. The molecule has 140 valence electrons. The first-order chi connectivity index (χ1) is 12.6. The molecule has 1 aromatic carbocycles. The number of anilines is 1. The first-order valence-corrected chi connectivity index (χ1v) is 8.48. The van der Waals surface area contributed by atoms with Gasteiger partial charge in [-0.15, -0.1) is 0 Å². The van der Waals surface area contributed by atoms with Gasteiger partial charge < -0.3 is 24.4 Å². The van der Waals surface area contributed by atoms with Crippen molar-refractivity contribution in [1.29, 1.82) is 0 Å². The van der Waals surface area contributed by atoms with Gasteiger partial charge in [0.25, 0.3) is 5.91 Å². The van der Waals surface area contributed by atoms with E-state index in [-0.39, 0.29) is 5.91 Å². The summed E-state index contributed by atoms with van der Waals surface area (Å²) in [6.07, 6.45) is 0. The van der Waals surface area contributed by atoms with Crippen molar-refractivity contribution in [2.24, 2.45) is 0 Å². The van der Waals surface area contributed by atoms with E-state index in [4.69, 9.17) is 14.2 Å². The summed E-state index contributed by atoms with van der Waals surface area (Å²) in [5, 5.41) is 7.18. The zero-order valence-corrected chi connectivity index (χ0v) is 15.3. The number of nitrogens with zero attached hydrogens (tertiary/aromatic N) is 3. The van der Waals surface area contributed by atoms with Crippen molar-refractivity contribution < 1.29 is 19.0 Å². The molecule has 1 amide bonds. The lowest BCUT2D eigenvalue weighted by Crippen LogP contribution is -2.19. The molecule has 8 heteroatoms. The Hall–Kier alpha value is -2.58. The fourth-order valence-electron chi connectivity index (χ4n) is 2.60. The molecule has 2 aromatic rings. The lowest BCUT2D eigenvalue weighted by Gasteiger charge is -2.14. The Morgan fingerprint density at radius 1 is 1.38 bits per heavy atom. The normalized spacial score (nSPS) is 13.4. The SMILES string of the molecule is COc1cc(OCCN(C)C)ccc1NC(=O)c1cc2n(n1)CCOC2. The predicted octanol–water partition coefficient (Wildman–Crippen LogP) is 1.61. The Labute approximate surface area is 152 Å². The van der Waals surface area contributed by atoms with Crippen LogP contribution in [0.1, 0.15) is 16.2 Å². The number of benzene rings is 1. The maximum absolute atomic E-state index is 12.5. The molecule has 1 aliphatic rings. The average molecular weight is 360 g/mol. The number of ether oxygens (including phenoxy) is 3. The zero-order chi connectivity index (χ0) is 18.5. The van der Waals surface area contributed by atoms with Crippen molar-refractivity contribution in [3.8, 4) is 11.5 Å². The van der Waals surface area contributed by atoms with Crippen LogP contribution in [0.15, 0.2) is 24.3 Å². The number of nitrogens with one attached hydrogen (secondary N) is 1. The average Bonchev–Trinajstić information content (AvgIpc) is 3.07. The molecule has 2 heterocycles. The number of hydrogen-bond donors (Lipinski definition) is 1. The van der Waals surface area contributed by atoms with Crippen LogP contribution in [0.3, 0.4) is 0 Å². The van der Waals surface area contributed by atoms with Crippen molar-refractivity contribution in [1.82, 2.24) is 14.7 Å². The van der Waals surface area contributed by atoms with E-state index in [9.17, 15) is 4.79 Å². The van der Waals surface area contributed by atoms with Crippen LogP contribution in [0.4, 0.5) is 5.69 Å². The number of rotatable bonds is 7. The summed E-state index contributed by atoms with van der Waals surface area (Å²) in [5.41, 5.74) is 1.83. The lowest BCUT2D eigenvalue weighted by molar-refractivity contribution is 0.0798. The van der Waals surface area contributed by atoms with Crippen molar-refractivity contribution in [3.05, 3.63) is 35.7 Å². The third-order valence-corrected chi connectivity index (χ3v) is 4.02. The highest BCUT2D eigenvalue weighted by molar-refractivity contribution is 6.03. The van der Waals surface area contributed by atoms with Gasteiger partial charge in [-0.3, -0.25) is 9.48 Å². The van der Waals surface area contributed by atoms with Gasteiger partial charge in [0.05, 0.1) is 38.2 Å². The quantitative estimate of drug-likeness (QED) is 0.808. The highest BCUT2D eigenvalue weighted by Crippen LogP contribution is 2.29. The van der Waals surface area contributed by atoms with Crippen LogP contribution < -0.4 is 14.8 Å². The standard InChI is InChI=1S/C18H24N4O4/c1-21(2)6-9-26-14-4-5-15(17(11-14)24-3)19-18(23)16-10-13-12-25-8-7-22(13)20-16/h4-5,10-11H,6-9,12H2,1-3H3,(H,19,23). The van der Waals surface area contributed by atoms with Crippen LogP contribution in [-0.2, 0) is 17.9 Å². The van der Waals surface area contributed by atoms with Crippen LogP contribution in [0, 0.1) is 0 Å². The van der Waals surface area contributed by atoms with Crippen LogP contribution in [0.25, 0.3) is 0 Å². The number of methoxy groups -OCH3 is 1. The molecule has 0 aliphatic carbocycles. The summed E-state index contributed by atoms with van der Waals surface area (Å²) < 4.78 is 18.3. The van der Waals surface area contributed by atoms with Gasteiger partial charge in [-0.25, -0.2) is 0 Å². The Kier molecular flexibility index (Phi) is 5.75. The Bertz CT molecular complexity index is 749. The zero-order valence-electron chi connectivity index (χ0n) is 15.3. The molecule has 1 aliphatic heterocycles. The highest BCUT2D eigenvalue weighted by Gasteiger charge is 2.18. The number of hydrogen-bond acceptors (Lipinski definition) is 6. The van der Waals surface area contributed by atoms with Crippen molar-refractivity contribution >= 4 is 11.6 Å². The van der Waals surface area contributed by atoms with Gasteiger partial charge in [0.1, 0.15) is 18.1 Å². The highest BCUT2D eigenvalue weighted by atomic mass is 16.5. The summed E-state index contributed by atoms with van der Waals surface area (Å²) in [6, 6.07) is 7.08. The fourth-order valence-corrected chi connectivity index (χ4v) is 2.60. The number of aromatic nitrogens is 2. The van der Waals surface area contributed by atoms with E-state index >= 15 is 0 Å². The van der Waals surface area contributed by atoms with Crippen molar-refractivity contribution in [2.75, 3.05) is 46.3 Å². The molecule has 0 saturated carbocycles. The third-order valence-electron chi connectivity index (χ3n) is 4.02. The van der Waals surface area contributed by atoms with Gasteiger partial charge >= 0.3 is 0 Å². The second kappa shape index (κ2) is 8.20. The van der Waals surface area contributed by atoms with Gasteiger partial charge in [0.2, 0.25) is 0 Å². The molecule has 0 bridgehead atoms. The minimum absolute atomic E-state index is 0.286. The predicted molar refractivity (Wildman–Crippen MR) is 96.9 cm³/mol. The number of carbonyl (C=O) groups excluding carboxylic acids is 1. The largest absolute Gasteiger partial charge is 0.494 e. The van der Waals surface area contributed by atoms with Crippen LogP contribution in [-0.4, -0.2) is 61.6 Å². The first kappa shape index (κ1) is 18.2. The van der Waals surface area contributed by atoms with E-state index in [1.54, 1.807) is 36.1 Å². The Morgan fingerprint density at radius 3 is 2.96 bits per heavy atom. The van der Waals surface area contributed by atoms with Gasteiger partial charge in [-0.1, -0.05) is 0 Å². The molecular weight excluding hydrogens is 336 g/mol. The molecule has 26 heavy (non-hydrogen) atoms. The van der Waals surface area contributed by atoms with Gasteiger partial charge in [-0.2, -0.15) is 5.10 Å². The number of carbonyl (C=O) groups is 1. The van der Waals surface area contributed by atoms with Crippen molar-refractivity contribution in [2.45, 2.75) is 13.2 Å². The summed E-state index contributed by atoms with van der Waals surface area (Å²) in [5.74, 6) is 0.941. The molecule has 1 N–H and O–H groups in total. The first-order valence-electron chi connectivity index (χ1n) is 8.48. The van der Waals surface area contributed by atoms with E-state index in [2.05, 4.69) is 10.4 Å². The molecular formula is C18H24N4O4. The minimum atomic E-state index is -0.286. The number of fused-ring (bicyclic) bond motifs is 1. The molecule has 8 nitrogen and oxygen atoms in total. The lowest BCUT2D eigenvalue weighted by atomic mass is 10.2. The van der Waals surface area contributed by atoms with Crippen LogP contribution in [0.5, 0.6) is 11.5 Å². The summed E-state index contributed by atoms with van der Waals surface area (Å²) in [4.78, 5) is 14.6. The minimum Gasteiger partial charge on any atom is -0.494 e. The maximum Gasteiger partial charge on any atom is 0.276 e. The third kappa shape index (κ3) is 4.33. The topological polar surface area (TPSA) is 77.9 Å². The monoisotopic (exact) mass is 360 g/mol. The van der Waals surface area contributed by atoms with Gasteiger partial charge in [0.15, 0.2) is 5.69 Å². The Balaban J connectivity index is 1.68. The molecule has 1 aromatic heterocycles. The second-order valence-corrected chi connectivity index (χ2v) is 6.26. The smallest absolute Gasteiger partial charge is 0.276 e. The molecule has 0 fully saturated rings. The fraction of sp³-hybridized carbons (Fsp3) is 0.444.